The van der Waals surface area contributed by atoms with E-state index in [2.05, 4.69) is 6.07 Å². The molecule has 3 aromatic carbocycles. The SMILES string of the molecule is O=[N+]([O-])c1ccc2c(c1)C(c1cc(-c3ccccc3)[s+]s1)c1cc([N+](=O)[O-])ccc1-2. The molecule has 0 N–H and O–H groups in total. The molecule has 1 aromatic heterocycles. The Morgan fingerprint density at radius 3 is 1.87 bits per heavy atom. The Bertz CT molecular complexity index is 1250. The number of nitro groups is 2. The highest BCUT2D eigenvalue weighted by molar-refractivity contribution is 7.70. The molecule has 0 atom stereocenters. The lowest BCUT2D eigenvalue weighted by atomic mass is 9.94. The minimum absolute atomic E-state index is 0.0181. The second-order valence-corrected chi connectivity index (χ2v) is 9.18. The van der Waals surface area contributed by atoms with Gasteiger partial charge in [-0.3, -0.25) is 20.2 Å². The Morgan fingerprint density at radius 2 is 1.33 bits per heavy atom. The summed E-state index contributed by atoms with van der Waals surface area (Å²) in [7, 11) is 3.23. The van der Waals surface area contributed by atoms with Crippen LogP contribution < -0.4 is 0 Å². The first-order valence-corrected chi connectivity index (χ1v) is 11.2. The second kappa shape index (κ2) is 7.08. The number of benzene rings is 3. The monoisotopic (exact) mass is 433 g/mol. The second-order valence-electron chi connectivity index (χ2n) is 6.93. The number of hydrogen-bond donors (Lipinski definition) is 0. The van der Waals surface area contributed by atoms with Crippen LogP contribution in [-0.2, 0) is 0 Å². The van der Waals surface area contributed by atoms with Gasteiger partial charge in [0.1, 0.15) is 0 Å². The predicted octanol–water partition coefficient (Wildman–Crippen LogP) is 6.73. The van der Waals surface area contributed by atoms with Gasteiger partial charge in [-0.1, -0.05) is 18.2 Å². The van der Waals surface area contributed by atoms with Crippen molar-refractivity contribution >= 4 is 32.1 Å². The maximum absolute atomic E-state index is 11.4. The Balaban J connectivity index is 1.70. The number of rotatable bonds is 4. The van der Waals surface area contributed by atoms with Gasteiger partial charge in [0.25, 0.3) is 16.3 Å². The third-order valence-electron chi connectivity index (χ3n) is 5.25. The van der Waals surface area contributed by atoms with Crippen molar-refractivity contribution in [1.29, 1.82) is 0 Å². The van der Waals surface area contributed by atoms with Crippen molar-refractivity contribution in [2.75, 3.05) is 0 Å². The molecule has 0 saturated carbocycles. The molecule has 4 aromatic rings. The van der Waals surface area contributed by atoms with Crippen LogP contribution in [0.1, 0.15) is 21.9 Å². The van der Waals surface area contributed by atoms with Gasteiger partial charge in [-0.15, -0.1) is 0 Å². The Hall–Kier alpha value is -3.49. The lowest BCUT2D eigenvalue weighted by Gasteiger charge is -2.09. The Morgan fingerprint density at radius 1 is 0.767 bits per heavy atom. The van der Waals surface area contributed by atoms with E-state index >= 15 is 0 Å². The first kappa shape index (κ1) is 18.5. The van der Waals surface area contributed by atoms with Gasteiger partial charge in [0.15, 0.2) is 10.3 Å². The highest BCUT2D eigenvalue weighted by Gasteiger charge is 2.36. The van der Waals surface area contributed by atoms with Crippen molar-refractivity contribution in [3.8, 4) is 21.6 Å². The van der Waals surface area contributed by atoms with Gasteiger partial charge in [0.05, 0.1) is 20.6 Å². The maximum atomic E-state index is 11.4. The summed E-state index contributed by atoms with van der Waals surface area (Å²) >= 11 is 0. The standard InChI is InChI=1S/C22H13N2O4S2/c25-23(26)14-6-8-16-17-9-7-15(24(27)28)11-19(17)22(18(16)10-14)21-12-20(29-30-21)13-4-2-1-3-5-13/h1-12,22H/q+1. The van der Waals surface area contributed by atoms with E-state index in [4.69, 9.17) is 0 Å². The van der Waals surface area contributed by atoms with Crippen molar-refractivity contribution < 1.29 is 9.85 Å². The molecular formula is C22H13N2O4S2+. The summed E-state index contributed by atoms with van der Waals surface area (Å²) in [4.78, 5) is 24.0. The molecule has 30 heavy (non-hydrogen) atoms. The van der Waals surface area contributed by atoms with Gasteiger partial charge >= 0.3 is 10.3 Å². The Labute approximate surface area is 178 Å². The topological polar surface area (TPSA) is 86.3 Å². The van der Waals surface area contributed by atoms with Crippen molar-refractivity contribution in [2.45, 2.75) is 5.92 Å². The molecule has 0 bridgehead atoms. The van der Waals surface area contributed by atoms with Crippen molar-refractivity contribution in [3.05, 3.63) is 109 Å². The smallest absolute Gasteiger partial charge is 0.258 e. The zero-order valence-electron chi connectivity index (χ0n) is 15.3. The van der Waals surface area contributed by atoms with Crippen LogP contribution >= 0.6 is 20.7 Å². The van der Waals surface area contributed by atoms with Crippen LogP contribution in [0.3, 0.4) is 0 Å². The Kier molecular flexibility index (Phi) is 4.38. The lowest BCUT2D eigenvalue weighted by Crippen LogP contribution is -1.99. The predicted molar refractivity (Wildman–Crippen MR) is 118 cm³/mol. The van der Waals surface area contributed by atoms with E-state index < -0.39 is 9.85 Å². The number of non-ortho nitro benzene ring substituents is 2. The van der Waals surface area contributed by atoms with E-state index in [-0.39, 0.29) is 17.3 Å². The van der Waals surface area contributed by atoms with E-state index in [1.54, 1.807) is 44.9 Å². The molecule has 146 valence electrons. The molecular weight excluding hydrogens is 420 g/mol. The third kappa shape index (κ3) is 2.97. The fourth-order valence-electron chi connectivity index (χ4n) is 3.91. The van der Waals surface area contributed by atoms with Crippen molar-refractivity contribution in [2.24, 2.45) is 0 Å². The van der Waals surface area contributed by atoms with E-state index in [1.807, 2.05) is 30.3 Å². The normalized spacial score (nSPS) is 12.4. The van der Waals surface area contributed by atoms with Gasteiger partial charge < -0.3 is 0 Å². The molecule has 6 nitrogen and oxygen atoms in total. The molecule has 0 saturated heterocycles. The molecule has 8 heteroatoms. The summed E-state index contributed by atoms with van der Waals surface area (Å²) < 4.78 is 0. The van der Waals surface area contributed by atoms with Gasteiger partial charge in [0.2, 0.25) is 0 Å². The molecule has 0 amide bonds. The van der Waals surface area contributed by atoms with Crippen LogP contribution in [0.25, 0.3) is 21.6 Å². The van der Waals surface area contributed by atoms with Gasteiger partial charge in [0, 0.05) is 35.9 Å². The number of fused-ring (bicyclic) bond motifs is 3. The maximum Gasteiger partial charge on any atom is 0.300 e. The van der Waals surface area contributed by atoms with Gasteiger partial charge in [-0.2, -0.15) is 0 Å². The zero-order chi connectivity index (χ0) is 20.8. The van der Waals surface area contributed by atoms with Crippen LogP contribution in [0.5, 0.6) is 0 Å². The molecule has 0 aliphatic heterocycles. The zero-order valence-corrected chi connectivity index (χ0v) is 17.0. The number of nitrogens with zero attached hydrogens (tertiary/aromatic N) is 2. The van der Waals surface area contributed by atoms with Crippen LogP contribution in [0.2, 0.25) is 0 Å². The minimum Gasteiger partial charge on any atom is -0.258 e. The minimum atomic E-state index is -0.408. The van der Waals surface area contributed by atoms with Crippen LogP contribution in [0.15, 0.2) is 72.8 Å². The summed E-state index contributed by atoms with van der Waals surface area (Å²) in [6, 6.07) is 21.7. The summed E-state index contributed by atoms with van der Waals surface area (Å²) in [5.74, 6) is -0.270. The van der Waals surface area contributed by atoms with Crippen molar-refractivity contribution in [3.63, 3.8) is 0 Å². The molecule has 0 unspecified atom stereocenters. The van der Waals surface area contributed by atoms with Crippen LogP contribution in [0, 0.1) is 20.2 Å². The average molecular weight is 433 g/mol. The van der Waals surface area contributed by atoms with E-state index in [1.165, 1.54) is 12.1 Å². The van der Waals surface area contributed by atoms with E-state index in [0.717, 1.165) is 37.6 Å². The lowest BCUT2D eigenvalue weighted by molar-refractivity contribution is -0.385. The molecule has 1 heterocycles. The fraction of sp³-hybridized carbons (Fsp3) is 0.0455. The van der Waals surface area contributed by atoms with Crippen LogP contribution in [0.4, 0.5) is 11.4 Å². The highest BCUT2D eigenvalue weighted by atomic mass is 32.9. The van der Waals surface area contributed by atoms with Crippen molar-refractivity contribution in [1.82, 2.24) is 0 Å². The fourth-order valence-corrected chi connectivity index (χ4v) is 6.51. The van der Waals surface area contributed by atoms with Gasteiger partial charge in [-0.25, -0.2) is 0 Å². The van der Waals surface area contributed by atoms with E-state index in [9.17, 15) is 20.2 Å². The molecule has 1 aliphatic rings. The summed E-state index contributed by atoms with van der Waals surface area (Å²) in [6.45, 7) is 0. The first-order valence-electron chi connectivity index (χ1n) is 9.08. The third-order valence-corrected chi connectivity index (χ3v) is 7.78. The summed E-state index contributed by atoms with van der Waals surface area (Å²) in [5, 5.41) is 22.7. The molecule has 0 spiro atoms. The molecule has 1 aliphatic carbocycles. The summed E-state index contributed by atoms with van der Waals surface area (Å²) in [5.41, 5.74) is 4.53. The molecule has 5 rings (SSSR count). The highest BCUT2D eigenvalue weighted by Crippen LogP contribution is 2.52. The quantitative estimate of drug-likeness (QED) is 0.136. The molecule has 0 fully saturated rings. The first-order chi connectivity index (χ1) is 14.5. The van der Waals surface area contributed by atoms with E-state index in [0.29, 0.717) is 0 Å². The van der Waals surface area contributed by atoms with Crippen LogP contribution in [-0.4, -0.2) is 9.85 Å². The van der Waals surface area contributed by atoms with Gasteiger partial charge in [-0.05, 0) is 46.5 Å². The average Bonchev–Trinajstić information content (AvgIpc) is 3.35. The molecule has 0 radical (unpaired) electrons. The number of nitro benzene ring substituents is 2. The number of hydrogen-bond acceptors (Lipinski definition) is 5. The summed E-state index contributed by atoms with van der Waals surface area (Å²) in [6.07, 6.45) is 0. The largest absolute Gasteiger partial charge is 0.300 e.